The number of benzene rings is 1. The minimum Gasteiger partial charge on any atom is -0.497 e. The monoisotopic (exact) mass is 216 g/mol. The van der Waals surface area contributed by atoms with E-state index in [9.17, 15) is 4.79 Å². The third kappa shape index (κ3) is 1.82. The number of H-pyrrole nitrogens is 1. The van der Waals surface area contributed by atoms with Gasteiger partial charge in [0, 0.05) is 11.3 Å². The zero-order chi connectivity index (χ0) is 11.5. The van der Waals surface area contributed by atoms with Crippen molar-refractivity contribution in [2.45, 2.75) is 6.92 Å². The first-order chi connectivity index (χ1) is 7.74. The number of ether oxygens (including phenoxy) is 1. The van der Waals surface area contributed by atoms with Crippen molar-refractivity contribution in [1.82, 2.24) is 9.97 Å². The first-order valence-electron chi connectivity index (χ1n) is 4.91. The summed E-state index contributed by atoms with van der Waals surface area (Å²) in [6.07, 6.45) is 0.749. The van der Waals surface area contributed by atoms with Crippen LogP contribution in [0, 0.1) is 6.92 Å². The Morgan fingerprint density at radius 3 is 2.50 bits per heavy atom. The van der Waals surface area contributed by atoms with Crippen LogP contribution in [-0.4, -0.2) is 23.4 Å². The highest BCUT2D eigenvalue weighted by molar-refractivity contribution is 5.75. The summed E-state index contributed by atoms with van der Waals surface area (Å²) in [5.74, 6) is 1.49. The summed E-state index contributed by atoms with van der Waals surface area (Å²) in [4.78, 5) is 17.9. The second-order valence-corrected chi connectivity index (χ2v) is 3.44. The van der Waals surface area contributed by atoms with E-state index in [4.69, 9.17) is 4.74 Å². The Morgan fingerprint density at radius 1 is 1.31 bits per heavy atom. The van der Waals surface area contributed by atoms with Crippen molar-refractivity contribution in [3.05, 3.63) is 35.7 Å². The minimum absolute atomic E-state index is 0.450. The van der Waals surface area contributed by atoms with Crippen LogP contribution in [0.5, 0.6) is 5.75 Å². The number of rotatable bonds is 3. The maximum Gasteiger partial charge on any atom is 0.170 e. The van der Waals surface area contributed by atoms with Gasteiger partial charge in [-0.1, -0.05) is 0 Å². The van der Waals surface area contributed by atoms with Gasteiger partial charge in [-0.2, -0.15) is 0 Å². The SMILES string of the molecule is COc1ccc(-c2nc(C=O)c(C)[nH]2)cc1. The number of nitrogens with zero attached hydrogens (tertiary/aromatic N) is 1. The van der Waals surface area contributed by atoms with E-state index in [-0.39, 0.29) is 0 Å². The Hall–Kier alpha value is -2.10. The smallest absolute Gasteiger partial charge is 0.170 e. The summed E-state index contributed by atoms with van der Waals surface area (Å²) in [6.45, 7) is 1.82. The van der Waals surface area contributed by atoms with E-state index in [0.29, 0.717) is 11.5 Å². The summed E-state index contributed by atoms with van der Waals surface area (Å²) in [7, 11) is 1.62. The van der Waals surface area contributed by atoms with Crippen molar-refractivity contribution in [3.8, 4) is 17.1 Å². The molecule has 2 rings (SSSR count). The molecule has 1 aromatic heterocycles. The van der Waals surface area contributed by atoms with E-state index in [0.717, 1.165) is 23.3 Å². The third-order valence-corrected chi connectivity index (χ3v) is 2.40. The number of imidazole rings is 1. The molecule has 0 atom stereocenters. The molecule has 4 nitrogen and oxygen atoms in total. The lowest BCUT2D eigenvalue weighted by molar-refractivity contribution is 0.111. The fraction of sp³-hybridized carbons (Fsp3) is 0.167. The minimum atomic E-state index is 0.450. The summed E-state index contributed by atoms with van der Waals surface area (Å²) in [5, 5.41) is 0. The van der Waals surface area contributed by atoms with Crippen LogP contribution in [0.15, 0.2) is 24.3 Å². The van der Waals surface area contributed by atoms with Crippen LogP contribution in [0.3, 0.4) is 0 Å². The molecule has 0 amide bonds. The number of carbonyl (C=O) groups is 1. The first kappa shape index (κ1) is 10.4. The number of methoxy groups -OCH3 is 1. The fourth-order valence-corrected chi connectivity index (χ4v) is 1.47. The molecule has 0 radical (unpaired) electrons. The summed E-state index contributed by atoms with van der Waals surface area (Å²) in [6, 6.07) is 7.50. The van der Waals surface area contributed by atoms with Crippen molar-refractivity contribution >= 4 is 6.29 Å². The van der Waals surface area contributed by atoms with Gasteiger partial charge in [-0.3, -0.25) is 4.79 Å². The Balaban J connectivity index is 2.38. The Labute approximate surface area is 93.3 Å². The van der Waals surface area contributed by atoms with Crippen LogP contribution in [0.2, 0.25) is 0 Å². The van der Waals surface area contributed by atoms with Gasteiger partial charge in [-0.25, -0.2) is 4.98 Å². The molecule has 0 saturated heterocycles. The van der Waals surface area contributed by atoms with Gasteiger partial charge in [0.25, 0.3) is 0 Å². The normalized spacial score (nSPS) is 10.1. The van der Waals surface area contributed by atoms with E-state index in [1.54, 1.807) is 7.11 Å². The van der Waals surface area contributed by atoms with Crippen molar-refractivity contribution in [2.24, 2.45) is 0 Å². The van der Waals surface area contributed by atoms with Gasteiger partial charge in [-0.15, -0.1) is 0 Å². The van der Waals surface area contributed by atoms with E-state index >= 15 is 0 Å². The molecule has 0 fully saturated rings. The molecule has 1 aromatic carbocycles. The second kappa shape index (κ2) is 4.18. The fourth-order valence-electron chi connectivity index (χ4n) is 1.47. The molecule has 2 aromatic rings. The average Bonchev–Trinajstić information content (AvgIpc) is 2.71. The standard InChI is InChI=1S/C12H12N2O2/c1-8-11(7-15)14-12(13-8)9-3-5-10(16-2)6-4-9/h3-7H,1-2H3,(H,13,14). The van der Waals surface area contributed by atoms with Crippen molar-refractivity contribution < 1.29 is 9.53 Å². The van der Waals surface area contributed by atoms with E-state index in [1.165, 1.54) is 0 Å². The van der Waals surface area contributed by atoms with E-state index in [2.05, 4.69) is 9.97 Å². The van der Waals surface area contributed by atoms with E-state index in [1.807, 2.05) is 31.2 Å². The summed E-state index contributed by atoms with van der Waals surface area (Å²) >= 11 is 0. The highest BCUT2D eigenvalue weighted by Gasteiger charge is 2.07. The lowest BCUT2D eigenvalue weighted by Gasteiger charge is -2.00. The largest absolute Gasteiger partial charge is 0.497 e. The third-order valence-electron chi connectivity index (χ3n) is 2.40. The van der Waals surface area contributed by atoms with Gasteiger partial charge in [0.15, 0.2) is 6.29 Å². The van der Waals surface area contributed by atoms with Crippen molar-refractivity contribution in [2.75, 3.05) is 7.11 Å². The molecule has 0 bridgehead atoms. The Morgan fingerprint density at radius 2 is 2.00 bits per heavy atom. The van der Waals surface area contributed by atoms with Crippen molar-refractivity contribution in [1.29, 1.82) is 0 Å². The van der Waals surface area contributed by atoms with Crippen LogP contribution in [0.25, 0.3) is 11.4 Å². The zero-order valence-corrected chi connectivity index (χ0v) is 9.15. The maximum atomic E-state index is 10.7. The molecule has 1 N–H and O–H groups in total. The number of nitrogens with one attached hydrogen (secondary N) is 1. The number of hydrogen-bond acceptors (Lipinski definition) is 3. The van der Waals surface area contributed by atoms with Gasteiger partial charge in [0.2, 0.25) is 0 Å². The van der Waals surface area contributed by atoms with Crippen LogP contribution in [0.4, 0.5) is 0 Å². The van der Waals surface area contributed by atoms with Crippen LogP contribution in [0.1, 0.15) is 16.2 Å². The van der Waals surface area contributed by atoms with E-state index < -0.39 is 0 Å². The van der Waals surface area contributed by atoms with Gasteiger partial charge < -0.3 is 9.72 Å². The first-order valence-corrected chi connectivity index (χ1v) is 4.91. The molecule has 1 heterocycles. The van der Waals surface area contributed by atoms with Gasteiger partial charge in [0.05, 0.1) is 7.11 Å². The van der Waals surface area contributed by atoms with Crippen LogP contribution in [-0.2, 0) is 0 Å². The molecule has 0 spiro atoms. The molecular formula is C12H12N2O2. The number of hydrogen-bond donors (Lipinski definition) is 1. The predicted octanol–water partition coefficient (Wildman–Crippen LogP) is 2.21. The maximum absolute atomic E-state index is 10.7. The van der Waals surface area contributed by atoms with Crippen LogP contribution < -0.4 is 4.74 Å². The highest BCUT2D eigenvalue weighted by Crippen LogP contribution is 2.20. The Bertz CT molecular complexity index is 500. The molecule has 0 saturated carbocycles. The molecule has 0 aliphatic carbocycles. The molecular weight excluding hydrogens is 204 g/mol. The molecule has 4 heteroatoms. The zero-order valence-electron chi connectivity index (χ0n) is 9.15. The van der Waals surface area contributed by atoms with Gasteiger partial charge >= 0.3 is 0 Å². The lowest BCUT2D eigenvalue weighted by atomic mass is 10.2. The highest BCUT2D eigenvalue weighted by atomic mass is 16.5. The molecule has 0 unspecified atom stereocenters. The Kier molecular flexibility index (Phi) is 2.72. The molecule has 82 valence electrons. The number of aromatic amines is 1. The van der Waals surface area contributed by atoms with Crippen molar-refractivity contribution in [3.63, 3.8) is 0 Å². The molecule has 0 aliphatic heterocycles. The molecule has 16 heavy (non-hydrogen) atoms. The van der Waals surface area contributed by atoms with Crippen LogP contribution >= 0.6 is 0 Å². The lowest BCUT2D eigenvalue weighted by Crippen LogP contribution is -1.84. The molecule has 0 aliphatic rings. The quantitative estimate of drug-likeness (QED) is 0.800. The predicted molar refractivity (Wildman–Crippen MR) is 60.7 cm³/mol. The number of aromatic nitrogens is 2. The number of aryl methyl sites for hydroxylation is 1. The summed E-state index contributed by atoms with van der Waals surface area (Å²) < 4.78 is 5.07. The van der Waals surface area contributed by atoms with Gasteiger partial charge in [0.1, 0.15) is 17.3 Å². The number of carbonyl (C=O) groups excluding carboxylic acids is 1. The summed E-state index contributed by atoms with van der Waals surface area (Å²) in [5.41, 5.74) is 2.16. The number of aldehydes is 1. The second-order valence-electron chi connectivity index (χ2n) is 3.44. The van der Waals surface area contributed by atoms with Gasteiger partial charge in [-0.05, 0) is 31.2 Å². The average molecular weight is 216 g/mol. The topological polar surface area (TPSA) is 55.0 Å².